The van der Waals surface area contributed by atoms with Crippen molar-refractivity contribution in [3.05, 3.63) is 70.3 Å². The summed E-state index contributed by atoms with van der Waals surface area (Å²) in [4.78, 5) is 22.8. The number of amides is 1. The summed E-state index contributed by atoms with van der Waals surface area (Å²) >= 11 is 0. The average Bonchev–Trinajstić information content (AvgIpc) is 2.61. The van der Waals surface area contributed by atoms with Crippen molar-refractivity contribution >= 4 is 27.3 Å². The van der Waals surface area contributed by atoms with Crippen molar-refractivity contribution in [2.45, 2.75) is 19.4 Å². The molecule has 0 spiro atoms. The molecule has 0 bridgehead atoms. The van der Waals surface area contributed by atoms with Crippen LogP contribution in [0.1, 0.15) is 12.5 Å². The summed E-state index contributed by atoms with van der Waals surface area (Å²) < 4.78 is 25.3. The lowest BCUT2D eigenvalue weighted by Crippen LogP contribution is -2.48. The second-order valence-electron chi connectivity index (χ2n) is 6.04. The highest BCUT2D eigenvalue weighted by Crippen LogP contribution is 2.25. The Hall–Kier alpha value is -2.94. The summed E-state index contributed by atoms with van der Waals surface area (Å²) in [6, 6.07) is 13.7. The van der Waals surface area contributed by atoms with Gasteiger partial charge < -0.3 is 5.32 Å². The third-order valence-electron chi connectivity index (χ3n) is 3.94. The number of sulfonamides is 1. The maximum Gasteiger partial charge on any atom is 0.271 e. The molecular weight excluding hydrogens is 370 g/mol. The predicted molar refractivity (Wildman–Crippen MR) is 103 cm³/mol. The van der Waals surface area contributed by atoms with Crippen LogP contribution in [0.4, 0.5) is 11.4 Å². The molecule has 0 aliphatic carbocycles. The highest BCUT2D eigenvalue weighted by atomic mass is 32.2. The van der Waals surface area contributed by atoms with Crippen molar-refractivity contribution in [1.82, 2.24) is 5.32 Å². The smallest absolute Gasteiger partial charge is 0.271 e. The van der Waals surface area contributed by atoms with Gasteiger partial charge >= 0.3 is 0 Å². The van der Waals surface area contributed by atoms with Crippen molar-refractivity contribution in [2.75, 3.05) is 17.1 Å². The van der Waals surface area contributed by atoms with Crippen LogP contribution in [0.2, 0.25) is 0 Å². The topological polar surface area (TPSA) is 110 Å². The lowest BCUT2D eigenvalue weighted by Gasteiger charge is -2.28. The van der Waals surface area contributed by atoms with E-state index in [0.717, 1.165) is 22.2 Å². The molecule has 1 N–H and O–H groups in total. The Morgan fingerprint density at radius 1 is 1.19 bits per heavy atom. The molecule has 2 aromatic carbocycles. The molecule has 0 radical (unpaired) electrons. The summed E-state index contributed by atoms with van der Waals surface area (Å²) in [5, 5.41) is 13.7. The Kier molecular flexibility index (Phi) is 6.51. The summed E-state index contributed by atoms with van der Waals surface area (Å²) in [6.45, 7) is 1.79. The van der Waals surface area contributed by atoms with Gasteiger partial charge in [-0.1, -0.05) is 36.4 Å². The number of nitro benzene ring substituents is 1. The molecule has 27 heavy (non-hydrogen) atoms. The minimum Gasteiger partial charge on any atom is -0.354 e. The molecule has 2 rings (SSSR count). The zero-order valence-corrected chi connectivity index (χ0v) is 15.8. The van der Waals surface area contributed by atoms with Crippen molar-refractivity contribution in [1.29, 1.82) is 0 Å². The number of nitrogens with one attached hydrogen (secondary N) is 1. The molecule has 0 aromatic heterocycles. The molecule has 1 amide bonds. The summed E-state index contributed by atoms with van der Waals surface area (Å²) in [6.07, 6.45) is 1.56. The van der Waals surface area contributed by atoms with Crippen molar-refractivity contribution in [3.63, 3.8) is 0 Å². The standard InChI is InChI=1S/C18H21N3O5S/c1-14(18(22)19-12-11-15-7-4-3-5-8-15)20(27(2,25)26)16-9-6-10-17(13-16)21(23)24/h3-10,13-14H,11-12H2,1-2H3,(H,19,22)/t14-/m1/s1. The maximum absolute atomic E-state index is 12.5. The monoisotopic (exact) mass is 391 g/mol. The minimum atomic E-state index is -3.83. The molecule has 8 nitrogen and oxygen atoms in total. The number of carbonyl (C=O) groups is 1. The molecule has 2 aromatic rings. The normalized spacial score (nSPS) is 12.2. The second kappa shape index (κ2) is 8.63. The van der Waals surface area contributed by atoms with Gasteiger partial charge in [-0.2, -0.15) is 0 Å². The number of hydrogen-bond acceptors (Lipinski definition) is 5. The van der Waals surface area contributed by atoms with E-state index in [4.69, 9.17) is 0 Å². The van der Waals surface area contributed by atoms with Gasteiger partial charge in [0.25, 0.3) is 5.69 Å². The van der Waals surface area contributed by atoms with Crippen LogP contribution in [0.3, 0.4) is 0 Å². The number of non-ortho nitro benzene ring substituents is 1. The van der Waals surface area contributed by atoms with Crippen LogP contribution in [0.5, 0.6) is 0 Å². The second-order valence-corrected chi connectivity index (χ2v) is 7.90. The van der Waals surface area contributed by atoms with E-state index in [-0.39, 0.29) is 11.4 Å². The van der Waals surface area contributed by atoms with Gasteiger partial charge in [-0.15, -0.1) is 0 Å². The molecule has 0 aliphatic rings. The van der Waals surface area contributed by atoms with Gasteiger partial charge in [0.15, 0.2) is 0 Å². The fourth-order valence-electron chi connectivity index (χ4n) is 2.67. The number of hydrogen-bond donors (Lipinski definition) is 1. The van der Waals surface area contributed by atoms with E-state index in [2.05, 4.69) is 5.32 Å². The molecule has 9 heteroatoms. The van der Waals surface area contributed by atoms with Crippen LogP contribution >= 0.6 is 0 Å². The van der Waals surface area contributed by atoms with Crippen molar-refractivity contribution < 1.29 is 18.1 Å². The number of anilines is 1. The zero-order chi connectivity index (χ0) is 20.0. The van der Waals surface area contributed by atoms with E-state index >= 15 is 0 Å². The first kappa shape index (κ1) is 20.4. The van der Waals surface area contributed by atoms with Gasteiger partial charge in [-0.25, -0.2) is 8.42 Å². The van der Waals surface area contributed by atoms with Gasteiger partial charge in [0, 0.05) is 18.7 Å². The largest absolute Gasteiger partial charge is 0.354 e. The van der Waals surface area contributed by atoms with Crippen LogP contribution in [-0.4, -0.2) is 38.1 Å². The van der Waals surface area contributed by atoms with Crippen LogP contribution < -0.4 is 9.62 Å². The Morgan fingerprint density at radius 2 is 1.85 bits per heavy atom. The van der Waals surface area contributed by atoms with Crippen molar-refractivity contribution in [3.8, 4) is 0 Å². The van der Waals surface area contributed by atoms with Gasteiger partial charge in [0.1, 0.15) is 6.04 Å². The van der Waals surface area contributed by atoms with E-state index in [1.807, 2.05) is 30.3 Å². The SMILES string of the molecule is C[C@H](C(=O)NCCc1ccccc1)N(c1cccc([N+](=O)[O-])c1)S(C)(=O)=O. The summed E-state index contributed by atoms with van der Waals surface area (Å²) in [5.74, 6) is -0.483. The van der Waals surface area contributed by atoms with E-state index in [1.54, 1.807) is 0 Å². The molecule has 0 unspecified atom stereocenters. The number of carbonyl (C=O) groups excluding carboxylic acids is 1. The third kappa shape index (κ3) is 5.52. The first-order chi connectivity index (χ1) is 12.7. The van der Waals surface area contributed by atoms with Crippen LogP contribution in [-0.2, 0) is 21.2 Å². The molecule has 0 aliphatic heterocycles. The average molecular weight is 391 g/mol. The van der Waals surface area contributed by atoms with Crippen LogP contribution in [0, 0.1) is 10.1 Å². The van der Waals surface area contributed by atoms with E-state index in [1.165, 1.54) is 25.1 Å². The van der Waals surface area contributed by atoms with Crippen LogP contribution in [0.15, 0.2) is 54.6 Å². The van der Waals surface area contributed by atoms with Gasteiger partial charge in [0.2, 0.25) is 15.9 Å². The Morgan fingerprint density at radius 3 is 2.44 bits per heavy atom. The molecule has 1 atom stereocenters. The maximum atomic E-state index is 12.5. The Bertz CT molecular complexity index is 916. The summed E-state index contributed by atoms with van der Waals surface area (Å²) in [5.41, 5.74) is 0.861. The molecule has 0 heterocycles. The Balaban J connectivity index is 2.15. The molecular formula is C18H21N3O5S. The van der Waals surface area contributed by atoms with Gasteiger partial charge in [-0.05, 0) is 25.0 Å². The highest BCUT2D eigenvalue weighted by Gasteiger charge is 2.29. The van der Waals surface area contributed by atoms with E-state index < -0.39 is 26.9 Å². The zero-order valence-electron chi connectivity index (χ0n) is 15.0. The predicted octanol–water partition coefficient (Wildman–Crippen LogP) is 2.11. The van der Waals surface area contributed by atoms with Gasteiger partial charge in [-0.3, -0.25) is 19.2 Å². The molecule has 144 valence electrons. The number of benzene rings is 2. The minimum absolute atomic E-state index is 0.0670. The quantitative estimate of drug-likeness (QED) is 0.547. The highest BCUT2D eigenvalue weighted by molar-refractivity contribution is 7.92. The molecule has 0 saturated heterocycles. The first-order valence-electron chi connectivity index (χ1n) is 8.25. The number of nitrogens with zero attached hydrogens (tertiary/aromatic N) is 2. The third-order valence-corrected chi connectivity index (χ3v) is 5.18. The number of nitro groups is 1. The van der Waals surface area contributed by atoms with Gasteiger partial charge in [0.05, 0.1) is 16.9 Å². The summed E-state index contributed by atoms with van der Waals surface area (Å²) in [7, 11) is -3.83. The number of rotatable bonds is 8. The molecule has 0 fully saturated rings. The lowest BCUT2D eigenvalue weighted by atomic mass is 10.1. The Labute approximate surface area is 158 Å². The van der Waals surface area contributed by atoms with E-state index in [0.29, 0.717) is 13.0 Å². The van der Waals surface area contributed by atoms with Crippen molar-refractivity contribution in [2.24, 2.45) is 0 Å². The fourth-order valence-corrected chi connectivity index (χ4v) is 3.84. The van der Waals surface area contributed by atoms with E-state index in [9.17, 15) is 23.3 Å². The molecule has 0 saturated carbocycles. The first-order valence-corrected chi connectivity index (χ1v) is 10.1. The lowest BCUT2D eigenvalue weighted by molar-refractivity contribution is -0.384. The fraction of sp³-hybridized carbons (Fsp3) is 0.278. The van der Waals surface area contributed by atoms with Crippen LogP contribution in [0.25, 0.3) is 0 Å².